The van der Waals surface area contributed by atoms with Crippen LogP contribution in [0, 0.1) is 0 Å². The molecule has 0 heterocycles. The Hall–Kier alpha value is -4.42. The molecule has 0 N–H and O–H groups in total. The number of hydrogen-bond acceptors (Lipinski definition) is 0. The van der Waals surface area contributed by atoms with Gasteiger partial charge in [-0.15, -0.1) is 0 Å². The van der Waals surface area contributed by atoms with Crippen LogP contribution in [0.1, 0.15) is 65.7 Å². The van der Waals surface area contributed by atoms with Crippen LogP contribution in [0.2, 0.25) is 0 Å². The van der Waals surface area contributed by atoms with E-state index < -0.39 is 0 Å². The van der Waals surface area contributed by atoms with Crippen molar-refractivity contribution in [3.8, 4) is 0 Å². The molecule has 0 radical (unpaired) electrons. The van der Waals surface area contributed by atoms with Gasteiger partial charge in [0.1, 0.15) is 0 Å². The zero-order chi connectivity index (χ0) is 28.4. The fraction of sp³-hybridized carbons (Fsp3) is 0.171. The van der Waals surface area contributed by atoms with E-state index in [1.54, 1.807) is 0 Å². The molecule has 0 bridgehead atoms. The van der Waals surface area contributed by atoms with E-state index in [0.29, 0.717) is 11.8 Å². The highest BCUT2D eigenvalue weighted by atomic mass is 14.3. The van der Waals surface area contributed by atoms with Gasteiger partial charge < -0.3 is 0 Å². The molecule has 3 unspecified atom stereocenters. The first-order chi connectivity index (χ1) is 20.1. The van der Waals surface area contributed by atoms with Gasteiger partial charge in [-0.25, -0.2) is 0 Å². The van der Waals surface area contributed by atoms with Gasteiger partial charge in [-0.2, -0.15) is 0 Å². The Morgan fingerprint density at radius 1 is 0.683 bits per heavy atom. The van der Waals surface area contributed by atoms with Crippen molar-refractivity contribution in [3.63, 3.8) is 0 Å². The average molecular weight is 533 g/mol. The summed E-state index contributed by atoms with van der Waals surface area (Å²) >= 11 is 0. The maximum atomic E-state index is 4.54. The highest BCUT2D eigenvalue weighted by Gasteiger charge is 2.27. The van der Waals surface area contributed by atoms with E-state index in [-0.39, 0.29) is 5.92 Å². The quantitative estimate of drug-likeness (QED) is 0.159. The van der Waals surface area contributed by atoms with Crippen molar-refractivity contribution in [2.45, 2.75) is 43.4 Å². The maximum absolute atomic E-state index is 4.54. The molecule has 41 heavy (non-hydrogen) atoms. The highest BCUT2D eigenvalue weighted by molar-refractivity contribution is 5.72. The van der Waals surface area contributed by atoms with Gasteiger partial charge in [-0.05, 0) is 59.1 Å². The Kier molecular flexibility index (Phi) is 9.45. The summed E-state index contributed by atoms with van der Waals surface area (Å²) in [5, 5.41) is 0. The summed E-state index contributed by atoms with van der Waals surface area (Å²) in [5.41, 5.74) is 10.1. The number of benzene rings is 4. The van der Waals surface area contributed by atoms with Crippen LogP contribution in [-0.2, 0) is 0 Å². The van der Waals surface area contributed by atoms with Crippen molar-refractivity contribution in [3.05, 3.63) is 198 Å². The smallest absolute Gasteiger partial charge is 0.0296 e. The molecule has 5 rings (SSSR count). The summed E-state index contributed by atoms with van der Waals surface area (Å²) in [6, 6.07) is 42.9. The first-order valence-electron chi connectivity index (χ1n) is 14.7. The molecule has 0 spiro atoms. The molecule has 0 saturated heterocycles. The zero-order valence-corrected chi connectivity index (χ0v) is 24.0. The van der Waals surface area contributed by atoms with E-state index in [4.69, 9.17) is 0 Å². The second-order valence-electron chi connectivity index (χ2n) is 11.1. The second-order valence-corrected chi connectivity index (χ2v) is 11.1. The molecule has 0 saturated carbocycles. The Balaban J connectivity index is 1.24. The molecule has 1 aliphatic rings. The van der Waals surface area contributed by atoms with Crippen molar-refractivity contribution in [2.75, 3.05) is 0 Å². The topological polar surface area (TPSA) is 0 Å². The van der Waals surface area contributed by atoms with E-state index in [2.05, 4.69) is 153 Å². The van der Waals surface area contributed by atoms with Gasteiger partial charge in [-0.1, -0.05) is 170 Å². The molecule has 0 aliphatic heterocycles. The van der Waals surface area contributed by atoms with E-state index in [9.17, 15) is 0 Å². The molecule has 3 atom stereocenters. The molecule has 0 fully saturated rings. The summed E-state index contributed by atoms with van der Waals surface area (Å²) < 4.78 is 0. The predicted octanol–water partition coefficient (Wildman–Crippen LogP) is 11.2. The molecular weight excluding hydrogens is 492 g/mol. The van der Waals surface area contributed by atoms with E-state index in [1.807, 2.05) is 6.07 Å². The molecule has 0 nitrogen and oxygen atoms in total. The Morgan fingerprint density at radius 3 is 1.88 bits per heavy atom. The summed E-state index contributed by atoms with van der Waals surface area (Å²) in [6.07, 6.45) is 10.9. The lowest BCUT2D eigenvalue weighted by atomic mass is 9.81. The van der Waals surface area contributed by atoms with Gasteiger partial charge >= 0.3 is 0 Å². The molecule has 0 heteroatoms. The van der Waals surface area contributed by atoms with Crippen LogP contribution in [0.15, 0.2) is 176 Å². The van der Waals surface area contributed by atoms with Crippen LogP contribution in [0.25, 0.3) is 5.57 Å². The minimum Gasteiger partial charge on any atom is -0.0995 e. The Labute approximate surface area is 246 Å². The second kappa shape index (κ2) is 13.8. The normalized spacial score (nSPS) is 17.2. The molecule has 0 amide bonds. The van der Waals surface area contributed by atoms with Crippen LogP contribution in [0.5, 0.6) is 0 Å². The van der Waals surface area contributed by atoms with Crippen LogP contribution in [-0.4, -0.2) is 0 Å². The minimum atomic E-state index is 0.0899. The minimum absolute atomic E-state index is 0.0899. The highest BCUT2D eigenvalue weighted by Crippen LogP contribution is 2.44. The van der Waals surface area contributed by atoms with Crippen LogP contribution < -0.4 is 0 Å². The third-order valence-electron chi connectivity index (χ3n) is 8.27. The third kappa shape index (κ3) is 7.21. The molecule has 1 aliphatic carbocycles. The van der Waals surface area contributed by atoms with Crippen molar-refractivity contribution in [1.82, 2.24) is 0 Å². The van der Waals surface area contributed by atoms with Crippen molar-refractivity contribution >= 4 is 5.57 Å². The van der Waals surface area contributed by atoms with Crippen molar-refractivity contribution in [1.29, 1.82) is 0 Å². The summed E-state index contributed by atoms with van der Waals surface area (Å²) in [7, 11) is 0. The summed E-state index contributed by atoms with van der Waals surface area (Å²) in [4.78, 5) is 0. The monoisotopic (exact) mass is 532 g/mol. The van der Waals surface area contributed by atoms with Gasteiger partial charge in [0.25, 0.3) is 0 Å². The van der Waals surface area contributed by atoms with Crippen LogP contribution >= 0.6 is 0 Å². The largest absolute Gasteiger partial charge is 0.0995 e. The first-order valence-corrected chi connectivity index (χ1v) is 14.7. The number of rotatable bonds is 12. The summed E-state index contributed by atoms with van der Waals surface area (Å²) in [5.74, 6) is 0.952. The summed E-state index contributed by atoms with van der Waals surface area (Å²) in [6.45, 7) is 13.5. The molecule has 204 valence electrons. The third-order valence-corrected chi connectivity index (χ3v) is 8.27. The molecular formula is C41H40. The van der Waals surface area contributed by atoms with Crippen molar-refractivity contribution in [2.24, 2.45) is 0 Å². The van der Waals surface area contributed by atoms with Gasteiger partial charge in [0.05, 0.1) is 0 Å². The lowest BCUT2D eigenvalue weighted by Gasteiger charge is -2.23. The Morgan fingerprint density at radius 2 is 1.24 bits per heavy atom. The van der Waals surface area contributed by atoms with Gasteiger partial charge in [0.15, 0.2) is 0 Å². The van der Waals surface area contributed by atoms with Gasteiger partial charge in [-0.3, -0.25) is 0 Å². The fourth-order valence-electron chi connectivity index (χ4n) is 6.02. The van der Waals surface area contributed by atoms with Gasteiger partial charge in [0, 0.05) is 17.8 Å². The lowest BCUT2D eigenvalue weighted by molar-refractivity contribution is 0.712. The van der Waals surface area contributed by atoms with E-state index in [1.165, 1.54) is 33.4 Å². The van der Waals surface area contributed by atoms with Crippen LogP contribution in [0.3, 0.4) is 0 Å². The zero-order valence-electron chi connectivity index (χ0n) is 24.0. The number of hydrogen-bond donors (Lipinski definition) is 0. The maximum Gasteiger partial charge on any atom is 0.0296 e. The lowest BCUT2D eigenvalue weighted by Crippen LogP contribution is -2.05. The van der Waals surface area contributed by atoms with Gasteiger partial charge in [0.2, 0.25) is 0 Å². The van der Waals surface area contributed by atoms with E-state index in [0.717, 1.165) is 36.8 Å². The molecule has 0 aromatic heterocycles. The predicted molar refractivity (Wildman–Crippen MR) is 177 cm³/mol. The fourth-order valence-corrected chi connectivity index (χ4v) is 6.02. The first kappa shape index (κ1) is 28.1. The standard InChI is InChI=1S/C41H40/c1-31(27-28-32(2)41(37-24-14-7-15-25-37)33(3)34-18-8-4-9-19-34)17-16-26-38-29-39(35-20-10-5-11-21-35)30-40(38)36-22-12-6-13-23-36/h4-16,18-26,29,39-41H,1-3,17,27-28,30H2. The molecule has 4 aromatic carbocycles. The van der Waals surface area contributed by atoms with E-state index >= 15 is 0 Å². The average Bonchev–Trinajstić information content (AvgIpc) is 3.46. The SMILES string of the molecule is C=C(CC=CC1=CC(c2ccccc2)CC1c1ccccc1)CCC(=C)C(C(=C)c1ccccc1)c1ccccc1. The van der Waals surface area contributed by atoms with Crippen LogP contribution in [0.4, 0.5) is 0 Å². The number of allylic oxidation sites excluding steroid dienone is 7. The Bertz CT molecular complexity index is 1500. The van der Waals surface area contributed by atoms with Crippen molar-refractivity contribution < 1.29 is 0 Å². The molecule has 4 aromatic rings.